The van der Waals surface area contributed by atoms with Crippen LogP contribution in [-0.2, 0) is 16.0 Å². The molecule has 1 aromatic carbocycles. The Morgan fingerprint density at radius 2 is 2.04 bits per heavy atom. The Morgan fingerprint density at radius 3 is 2.71 bits per heavy atom. The van der Waals surface area contributed by atoms with Gasteiger partial charge in [-0.05, 0) is 74.5 Å². The summed E-state index contributed by atoms with van der Waals surface area (Å²) in [5, 5.41) is 8.06. The van der Waals surface area contributed by atoms with Crippen molar-refractivity contribution >= 4 is 44.8 Å². The largest absolute Gasteiger partial charge is 0.355 e. The summed E-state index contributed by atoms with van der Waals surface area (Å²) in [5.41, 5.74) is 1.90. The first-order chi connectivity index (χ1) is 13.5. The molecule has 0 bridgehead atoms. The van der Waals surface area contributed by atoms with Crippen LogP contribution in [0.15, 0.2) is 40.2 Å². The molecule has 0 radical (unpaired) electrons. The summed E-state index contributed by atoms with van der Waals surface area (Å²) in [4.78, 5) is 28.1. The number of carbonyl (C=O) groups is 2. The number of benzene rings is 1. The maximum atomic E-state index is 12.3. The highest BCUT2D eigenvalue weighted by molar-refractivity contribution is 9.10. The molecule has 28 heavy (non-hydrogen) atoms. The van der Waals surface area contributed by atoms with Crippen molar-refractivity contribution in [1.29, 1.82) is 0 Å². The predicted molar refractivity (Wildman–Crippen MR) is 118 cm³/mol. The number of halogens is 1. The zero-order valence-corrected chi connectivity index (χ0v) is 18.4. The standard InChI is InChI=1S/C21H26BrN3O2S/c1-15-13-17(4-5-19(15)22)24-20(26)14-25-10-7-16(8-11-25)21(27)23-9-6-18-3-2-12-28-18/h2-5,12-13,16H,6-11,14H2,1H3,(H,23,27)(H,24,26). The Kier molecular flexibility index (Phi) is 7.65. The summed E-state index contributed by atoms with van der Waals surface area (Å²) in [6.45, 7) is 4.60. The topological polar surface area (TPSA) is 61.4 Å². The van der Waals surface area contributed by atoms with Gasteiger partial charge in [0.1, 0.15) is 0 Å². The Balaban J connectivity index is 1.36. The summed E-state index contributed by atoms with van der Waals surface area (Å²) in [6.07, 6.45) is 2.49. The highest BCUT2D eigenvalue weighted by Gasteiger charge is 2.25. The van der Waals surface area contributed by atoms with E-state index in [9.17, 15) is 9.59 Å². The Bertz CT molecular complexity index is 802. The van der Waals surface area contributed by atoms with E-state index in [4.69, 9.17) is 0 Å². The molecule has 0 spiro atoms. The maximum absolute atomic E-state index is 12.3. The number of nitrogens with one attached hydrogen (secondary N) is 2. The summed E-state index contributed by atoms with van der Waals surface area (Å²) in [5.74, 6) is 0.184. The molecule has 1 fully saturated rings. The number of rotatable bonds is 7. The third-order valence-corrected chi connectivity index (χ3v) is 6.84. The van der Waals surface area contributed by atoms with Crippen molar-refractivity contribution in [3.8, 4) is 0 Å². The zero-order chi connectivity index (χ0) is 19.9. The number of anilines is 1. The number of likely N-dealkylation sites (tertiary alicyclic amines) is 1. The highest BCUT2D eigenvalue weighted by atomic mass is 79.9. The predicted octanol–water partition coefficient (Wildman–Crippen LogP) is 3.83. The highest BCUT2D eigenvalue weighted by Crippen LogP contribution is 2.21. The van der Waals surface area contributed by atoms with Crippen LogP contribution in [-0.4, -0.2) is 42.9 Å². The lowest BCUT2D eigenvalue weighted by molar-refractivity contribution is -0.126. The maximum Gasteiger partial charge on any atom is 0.238 e. The number of amides is 2. The first-order valence-corrected chi connectivity index (χ1v) is 11.3. The first kappa shape index (κ1) is 21.0. The van der Waals surface area contributed by atoms with Gasteiger partial charge in [-0.3, -0.25) is 14.5 Å². The Morgan fingerprint density at radius 1 is 1.25 bits per heavy atom. The van der Waals surface area contributed by atoms with Crippen LogP contribution >= 0.6 is 27.3 Å². The lowest BCUT2D eigenvalue weighted by atomic mass is 9.96. The number of hydrogen-bond donors (Lipinski definition) is 2. The number of thiophene rings is 1. The lowest BCUT2D eigenvalue weighted by Crippen LogP contribution is -2.43. The Hall–Kier alpha value is -1.70. The van der Waals surface area contributed by atoms with E-state index >= 15 is 0 Å². The van der Waals surface area contributed by atoms with Gasteiger partial charge in [-0.15, -0.1) is 11.3 Å². The van der Waals surface area contributed by atoms with Crippen LogP contribution < -0.4 is 10.6 Å². The molecule has 2 amide bonds. The van der Waals surface area contributed by atoms with Crippen molar-refractivity contribution in [3.63, 3.8) is 0 Å². The van der Waals surface area contributed by atoms with Crippen molar-refractivity contribution in [2.75, 3.05) is 31.5 Å². The molecule has 5 nitrogen and oxygen atoms in total. The number of piperidine rings is 1. The first-order valence-electron chi connectivity index (χ1n) is 9.59. The van der Waals surface area contributed by atoms with Crippen molar-refractivity contribution in [2.24, 2.45) is 5.92 Å². The van der Waals surface area contributed by atoms with Crippen LogP contribution in [0.5, 0.6) is 0 Å². The molecule has 2 heterocycles. The number of carbonyl (C=O) groups excluding carboxylic acids is 2. The van der Waals surface area contributed by atoms with Gasteiger partial charge in [0.05, 0.1) is 6.54 Å². The molecule has 1 aromatic heterocycles. The van der Waals surface area contributed by atoms with E-state index in [0.29, 0.717) is 13.1 Å². The minimum Gasteiger partial charge on any atom is -0.355 e. The van der Waals surface area contributed by atoms with Crippen LogP contribution in [0.2, 0.25) is 0 Å². The van der Waals surface area contributed by atoms with E-state index in [0.717, 1.165) is 48.1 Å². The molecule has 0 atom stereocenters. The van der Waals surface area contributed by atoms with Crippen molar-refractivity contribution in [1.82, 2.24) is 10.2 Å². The molecule has 7 heteroatoms. The normalized spacial score (nSPS) is 15.4. The summed E-state index contributed by atoms with van der Waals surface area (Å²) in [7, 11) is 0. The molecule has 1 aliphatic rings. The van der Waals surface area contributed by atoms with Gasteiger partial charge >= 0.3 is 0 Å². The second kappa shape index (κ2) is 10.2. The smallest absolute Gasteiger partial charge is 0.238 e. The van der Waals surface area contributed by atoms with Gasteiger partial charge in [-0.2, -0.15) is 0 Å². The summed E-state index contributed by atoms with van der Waals surface area (Å²) in [6, 6.07) is 9.91. The lowest BCUT2D eigenvalue weighted by Gasteiger charge is -2.30. The van der Waals surface area contributed by atoms with Gasteiger partial charge < -0.3 is 10.6 Å². The monoisotopic (exact) mass is 463 g/mol. The fourth-order valence-corrected chi connectivity index (χ4v) is 4.34. The SMILES string of the molecule is Cc1cc(NC(=O)CN2CCC(C(=O)NCCc3cccs3)CC2)ccc1Br. The fraction of sp³-hybridized carbons (Fsp3) is 0.429. The van der Waals surface area contributed by atoms with Crippen molar-refractivity contribution in [2.45, 2.75) is 26.2 Å². The molecular formula is C21H26BrN3O2S. The van der Waals surface area contributed by atoms with Gasteiger partial charge in [0.15, 0.2) is 0 Å². The number of nitrogens with zero attached hydrogens (tertiary/aromatic N) is 1. The van der Waals surface area contributed by atoms with E-state index in [2.05, 4.69) is 42.9 Å². The minimum absolute atomic E-state index is 0.0134. The zero-order valence-electron chi connectivity index (χ0n) is 16.0. The fourth-order valence-electron chi connectivity index (χ4n) is 3.39. The number of hydrogen-bond acceptors (Lipinski definition) is 4. The molecular weight excluding hydrogens is 438 g/mol. The second-order valence-corrected chi connectivity index (χ2v) is 9.07. The number of aryl methyl sites for hydroxylation is 1. The van der Waals surface area contributed by atoms with Crippen molar-refractivity contribution < 1.29 is 9.59 Å². The quantitative estimate of drug-likeness (QED) is 0.655. The van der Waals surface area contributed by atoms with E-state index in [-0.39, 0.29) is 17.7 Å². The average Bonchev–Trinajstić information content (AvgIpc) is 3.19. The molecule has 150 valence electrons. The molecule has 0 aliphatic carbocycles. The van der Waals surface area contributed by atoms with Crippen LogP contribution in [0.25, 0.3) is 0 Å². The molecule has 2 N–H and O–H groups in total. The average molecular weight is 464 g/mol. The molecule has 1 saturated heterocycles. The summed E-state index contributed by atoms with van der Waals surface area (Å²) >= 11 is 5.18. The molecule has 0 saturated carbocycles. The summed E-state index contributed by atoms with van der Waals surface area (Å²) < 4.78 is 1.03. The van der Waals surface area contributed by atoms with Gasteiger partial charge in [-0.25, -0.2) is 0 Å². The van der Waals surface area contributed by atoms with Gasteiger partial charge in [0, 0.05) is 27.5 Å². The van der Waals surface area contributed by atoms with Crippen LogP contribution in [0.4, 0.5) is 5.69 Å². The molecule has 1 aliphatic heterocycles. The van der Waals surface area contributed by atoms with Crippen LogP contribution in [0, 0.1) is 12.8 Å². The van der Waals surface area contributed by atoms with Gasteiger partial charge in [0.2, 0.25) is 11.8 Å². The van der Waals surface area contributed by atoms with E-state index < -0.39 is 0 Å². The molecule has 0 unspecified atom stereocenters. The van der Waals surface area contributed by atoms with Crippen LogP contribution in [0.1, 0.15) is 23.3 Å². The van der Waals surface area contributed by atoms with E-state index in [1.165, 1.54) is 4.88 Å². The molecule has 2 aromatic rings. The van der Waals surface area contributed by atoms with Gasteiger partial charge in [-0.1, -0.05) is 22.0 Å². The van der Waals surface area contributed by atoms with Crippen molar-refractivity contribution in [3.05, 3.63) is 50.6 Å². The Labute approximate surface area is 178 Å². The van der Waals surface area contributed by atoms with E-state index in [1.807, 2.05) is 31.2 Å². The third-order valence-electron chi connectivity index (χ3n) is 5.02. The van der Waals surface area contributed by atoms with E-state index in [1.54, 1.807) is 11.3 Å². The molecule has 3 rings (SSSR count). The van der Waals surface area contributed by atoms with Gasteiger partial charge in [0.25, 0.3) is 0 Å². The van der Waals surface area contributed by atoms with Crippen LogP contribution in [0.3, 0.4) is 0 Å². The second-order valence-electron chi connectivity index (χ2n) is 7.18. The minimum atomic E-state index is -0.0134. The third kappa shape index (κ3) is 6.15.